The van der Waals surface area contributed by atoms with Crippen LogP contribution in [0.5, 0.6) is 0 Å². The number of carbonyl (C=O) groups is 10. The second-order valence-electron chi connectivity index (χ2n) is 17.6. The van der Waals surface area contributed by atoms with E-state index >= 15 is 0 Å². The van der Waals surface area contributed by atoms with Crippen LogP contribution >= 0.6 is 0 Å². The molecule has 0 unspecified atom stereocenters. The summed E-state index contributed by atoms with van der Waals surface area (Å²) in [5.41, 5.74) is 22.5. The zero-order valence-electron chi connectivity index (χ0n) is 40.1. The third kappa shape index (κ3) is 26.0. The Kier molecular flexibility index (Phi) is 28.8. The van der Waals surface area contributed by atoms with Gasteiger partial charge >= 0.3 is 11.9 Å². The molecule has 25 nitrogen and oxygen atoms in total. The first-order valence-corrected chi connectivity index (χ1v) is 22.5. The van der Waals surface area contributed by atoms with Gasteiger partial charge in [-0.1, -0.05) is 48.0 Å². The van der Waals surface area contributed by atoms with Gasteiger partial charge in [-0.25, -0.2) is 0 Å². The molecule has 18 N–H and O–H groups in total. The number of hydrogen-bond acceptors (Lipinski definition) is 13. The Balaban J connectivity index is 6.40. The molecule has 0 aliphatic rings. The van der Waals surface area contributed by atoms with Crippen LogP contribution in [0.15, 0.2) is 4.99 Å². The standard InChI is InChI=1S/C42H77N13O12/c1-21(2)18-29(36(61)48-20-31(56)49-24(7)34(59)50-25(8)41(66)67)54-37(62)27(13-11-17-47-42(45)46)51-38(63)28(14-15-32(57)58)52-40(65)33(23(5)6)55-39(64)30(19-22(3)4)53-35(60)26(44)12-9-10-16-43/h21-30,33H,9-20,43-44H2,1-8H3,(H,48,61)(H,49,56)(H,50,59)(H,51,63)(H,52,65)(H,53,60)(H,54,62)(H,55,64)(H,57,58)(H,66,67)(H4,45,46,47)/t24-,25-,26-,27-,28-,29-,30-,33-/m0/s1. The van der Waals surface area contributed by atoms with Crippen LogP contribution in [-0.2, 0) is 47.9 Å². The molecule has 0 fully saturated rings. The van der Waals surface area contributed by atoms with Crippen LogP contribution in [-0.4, -0.2) is 143 Å². The molecule has 0 heterocycles. The third-order valence-corrected chi connectivity index (χ3v) is 10.0. The van der Waals surface area contributed by atoms with E-state index < -0.39 is 133 Å². The maximum atomic E-state index is 14.0. The number of aliphatic carboxylic acids is 2. The minimum atomic E-state index is -1.56. The largest absolute Gasteiger partial charge is 0.481 e. The summed E-state index contributed by atoms with van der Waals surface area (Å²) in [6.45, 7) is 12.8. The number of carboxylic acid groups (broad SMARTS) is 2. The lowest BCUT2D eigenvalue weighted by molar-refractivity contribution is -0.141. The van der Waals surface area contributed by atoms with Crippen molar-refractivity contribution in [2.75, 3.05) is 19.6 Å². The monoisotopic (exact) mass is 956 g/mol. The quantitative estimate of drug-likeness (QED) is 0.0174. The first-order valence-electron chi connectivity index (χ1n) is 22.5. The highest BCUT2D eigenvalue weighted by Gasteiger charge is 2.35. The second-order valence-corrected chi connectivity index (χ2v) is 17.6. The Morgan fingerprint density at radius 3 is 1.55 bits per heavy atom. The number of guanidine groups is 1. The van der Waals surface area contributed by atoms with Gasteiger partial charge in [0.05, 0.1) is 12.6 Å². The van der Waals surface area contributed by atoms with Crippen molar-refractivity contribution in [2.24, 2.45) is 45.7 Å². The smallest absolute Gasteiger partial charge is 0.325 e. The molecular formula is C42H77N13O12. The van der Waals surface area contributed by atoms with Gasteiger partial charge in [0, 0.05) is 13.0 Å². The second kappa shape index (κ2) is 31.7. The molecule has 0 aromatic carbocycles. The van der Waals surface area contributed by atoms with Gasteiger partial charge in [-0.15, -0.1) is 0 Å². The van der Waals surface area contributed by atoms with Crippen molar-refractivity contribution in [3.63, 3.8) is 0 Å². The van der Waals surface area contributed by atoms with Gasteiger partial charge in [0.2, 0.25) is 47.3 Å². The summed E-state index contributed by atoms with van der Waals surface area (Å²) in [4.78, 5) is 133. The maximum absolute atomic E-state index is 14.0. The van der Waals surface area contributed by atoms with Gasteiger partial charge in [-0.05, 0) is 83.1 Å². The van der Waals surface area contributed by atoms with Crippen LogP contribution in [0.2, 0.25) is 0 Å². The summed E-state index contributed by atoms with van der Waals surface area (Å²) in [5, 5.41) is 38.5. The van der Waals surface area contributed by atoms with E-state index in [-0.39, 0.29) is 50.0 Å². The number of rotatable bonds is 33. The van der Waals surface area contributed by atoms with E-state index in [2.05, 4.69) is 47.5 Å². The fraction of sp³-hybridized carbons (Fsp3) is 0.738. The Hall–Kier alpha value is -6.11. The first-order chi connectivity index (χ1) is 31.2. The molecule has 0 aromatic rings. The normalized spacial score (nSPS) is 14.7. The zero-order valence-corrected chi connectivity index (χ0v) is 40.1. The number of nitrogens with one attached hydrogen (secondary N) is 8. The summed E-state index contributed by atoms with van der Waals surface area (Å²) < 4.78 is 0. The summed E-state index contributed by atoms with van der Waals surface area (Å²) >= 11 is 0. The third-order valence-electron chi connectivity index (χ3n) is 10.0. The van der Waals surface area contributed by atoms with Crippen LogP contribution in [0.1, 0.15) is 113 Å². The molecule has 0 aliphatic carbocycles. The van der Waals surface area contributed by atoms with Gasteiger partial charge in [-0.2, -0.15) is 0 Å². The van der Waals surface area contributed by atoms with E-state index in [0.717, 1.165) is 0 Å². The summed E-state index contributed by atoms with van der Waals surface area (Å²) in [6.07, 6.45) is 0.821. The highest BCUT2D eigenvalue weighted by Crippen LogP contribution is 2.12. The molecule has 8 amide bonds. The maximum Gasteiger partial charge on any atom is 0.325 e. The highest BCUT2D eigenvalue weighted by atomic mass is 16.4. The SMILES string of the molecule is CC(C)C[C@H](NC(=O)[C@H](CCCN=C(N)N)NC(=O)[C@H](CCC(=O)O)NC(=O)[C@@H](NC(=O)[C@H](CC(C)C)NC(=O)[C@@H](N)CCCCN)C(C)C)C(=O)NCC(=O)N[C@@H](C)C(=O)N[C@@H](C)C(=O)O. The molecule has 0 spiro atoms. The van der Waals surface area contributed by atoms with Crippen molar-refractivity contribution in [3.8, 4) is 0 Å². The lowest BCUT2D eigenvalue weighted by Gasteiger charge is -2.29. The average molecular weight is 956 g/mol. The number of hydrogen-bond donors (Lipinski definition) is 14. The molecule has 25 heteroatoms. The Bertz CT molecular complexity index is 1710. The minimum Gasteiger partial charge on any atom is -0.481 e. The topological polar surface area (TPSA) is 424 Å². The van der Waals surface area contributed by atoms with Crippen LogP contribution in [0.4, 0.5) is 0 Å². The van der Waals surface area contributed by atoms with E-state index in [1.807, 2.05) is 13.8 Å². The number of carboxylic acids is 2. The highest BCUT2D eigenvalue weighted by molar-refractivity contribution is 5.97. The molecule has 0 saturated carbocycles. The van der Waals surface area contributed by atoms with Crippen molar-refractivity contribution in [2.45, 2.75) is 162 Å². The number of nitrogens with zero attached hydrogens (tertiary/aromatic N) is 1. The fourth-order valence-corrected chi connectivity index (χ4v) is 6.28. The Labute approximate surface area is 392 Å². The van der Waals surface area contributed by atoms with Crippen molar-refractivity contribution < 1.29 is 58.2 Å². The van der Waals surface area contributed by atoms with Crippen molar-refractivity contribution in [3.05, 3.63) is 0 Å². The molecule has 0 radical (unpaired) electrons. The summed E-state index contributed by atoms with van der Waals surface area (Å²) in [6, 6.07) is -9.89. The van der Waals surface area contributed by atoms with Crippen molar-refractivity contribution in [1.29, 1.82) is 0 Å². The molecule has 382 valence electrons. The zero-order chi connectivity index (χ0) is 51.6. The van der Waals surface area contributed by atoms with Gasteiger partial charge in [0.25, 0.3) is 0 Å². The van der Waals surface area contributed by atoms with Crippen LogP contribution in [0.25, 0.3) is 0 Å². The molecule has 0 rings (SSSR count). The van der Waals surface area contributed by atoms with E-state index in [4.69, 9.17) is 28.0 Å². The average Bonchev–Trinajstić information content (AvgIpc) is 3.22. The lowest BCUT2D eigenvalue weighted by Crippen LogP contribution is -2.60. The van der Waals surface area contributed by atoms with Crippen molar-refractivity contribution in [1.82, 2.24) is 42.5 Å². The van der Waals surface area contributed by atoms with Crippen LogP contribution in [0, 0.1) is 17.8 Å². The molecule has 8 atom stereocenters. The summed E-state index contributed by atoms with van der Waals surface area (Å²) in [7, 11) is 0. The van der Waals surface area contributed by atoms with Gasteiger partial charge < -0.3 is 75.7 Å². The fourth-order valence-electron chi connectivity index (χ4n) is 6.28. The number of aliphatic imine (C=N–C) groups is 1. The van der Waals surface area contributed by atoms with Gasteiger partial charge in [0.1, 0.15) is 42.3 Å². The van der Waals surface area contributed by atoms with Gasteiger partial charge in [0.15, 0.2) is 5.96 Å². The van der Waals surface area contributed by atoms with E-state index in [1.54, 1.807) is 27.7 Å². The lowest BCUT2D eigenvalue weighted by atomic mass is 9.98. The predicted molar refractivity (Wildman–Crippen MR) is 247 cm³/mol. The molecule has 0 saturated heterocycles. The molecule has 0 bridgehead atoms. The van der Waals surface area contributed by atoms with E-state index in [1.165, 1.54) is 13.8 Å². The van der Waals surface area contributed by atoms with Crippen LogP contribution < -0.4 is 65.5 Å². The predicted octanol–water partition coefficient (Wildman–Crippen LogP) is -3.26. The molecule has 0 aliphatic heterocycles. The molecule has 0 aromatic heterocycles. The van der Waals surface area contributed by atoms with Crippen LogP contribution in [0.3, 0.4) is 0 Å². The molecule has 67 heavy (non-hydrogen) atoms. The minimum absolute atomic E-state index is 0.0199. The molecular weight excluding hydrogens is 879 g/mol. The van der Waals surface area contributed by atoms with Gasteiger partial charge in [-0.3, -0.25) is 52.9 Å². The number of unbranched alkanes of at least 4 members (excludes halogenated alkanes) is 1. The summed E-state index contributed by atoms with van der Waals surface area (Å²) in [5.74, 6) is -10.0. The Morgan fingerprint density at radius 2 is 1.04 bits per heavy atom. The Morgan fingerprint density at radius 1 is 0.537 bits per heavy atom. The number of nitrogens with two attached hydrogens (primary N) is 4. The number of amides is 8. The number of carbonyl (C=O) groups excluding carboxylic acids is 8. The first kappa shape index (κ1) is 60.9. The van der Waals surface area contributed by atoms with Crippen molar-refractivity contribution >= 4 is 65.2 Å². The van der Waals surface area contributed by atoms with E-state index in [0.29, 0.717) is 25.8 Å². The van der Waals surface area contributed by atoms with E-state index in [9.17, 15) is 53.1 Å².